The van der Waals surface area contributed by atoms with Gasteiger partial charge in [-0.2, -0.15) is 4.40 Å². The molecule has 1 aliphatic heterocycles. The lowest BCUT2D eigenvalue weighted by molar-refractivity contribution is 0.618. The average molecular weight is 184 g/mol. The Morgan fingerprint density at radius 3 is 2.67 bits per heavy atom. The Morgan fingerprint density at radius 1 is 1.67 bits per heavy atom. The number of halogens is 1. The molecule has 0 aromatic carbocycles. The van der Waals surface area contributed by atoms with Gasteiger partial charge in [-0.25, -0.2) is 8.42 Å². The van der Waals surface area contributed by atoms with Crippen molar-refractivity contribution in [1.82, 2.24) is 0 Å². The van der Waals surface area contributed by atoms with Gasteiger partial charge in [-0.1, -0.05) is 11.6 Å². The summed E-state index contributed by atoms with van der Waals surface area (Å²) in [5.74, 6) is 0. The fourth-order valence-corrected chi connectivity index (χ4v) is 2.10. The molecule has 0 fully saturated rings. The molecule has 0 saturated carbocycles. The van der Waals surface area contributed by atoms with Gasteiger partial charge in [0.2, 0.25) is 8.87 Å². The molecule has 1 aliphatic rings. The molecular formula is C3H2ClNO2S2. The van der Waals surface area contributed by atoms with Crippen molar-refractivity contribution in [2.24, 2.45) is 4.40 Å². The highest BCUT2D eigenvalue weighted by atomic mass is 35.5. The highest BCUT2D eigenvalue weighted by molar-refractivity contribution is 8.72. The maximum atomic E-state index is 10.5. The Hall–Kier alpha value is -0.000000000000000111. The summed E-state index contributed by atoms with van der Waals surface area (Å²) in [7, 11) is -2.68. The second-order valence-corrected chi connectivity index (χ2v) is 5.10. The van der Waals surface area contributed by atoms with E-state index in [0.717, 1.165) is 5.41 Å². The minimum Gasteiger partial charge on any atom is -0.211 e. The van der Waals surface area contributed by atoms with E-state index in [1.54, 1.807) is 0 Å². The maximum absolute atomic E-state index is 10.5. The predicted molar refractivity (Wildman–Crippen MR) is 38.9 cm³/mol. The van der Waals surface area contributed by atoms with Crippen molar-refractivity contribution in [3.63, 3.8) is 0 Å². The van der Waals surface area contributed by atoms with Gasteiger partial charge in [0, 0.05) is 5.41 Å². The summed E-state index contributed by atoms with van der Waals surface area (Å²) in [5.41, 5.74) is 0. The van der Waals surface area contributed by atoms with Gasteiger partial charge >= 0.3 is 0 Å². The molecule has 50 valence electrons. The third-order valence-corrected chi connectivity index (χ3v) is 3.04. The van der Waals surface area contributed by atoms with Crippen LogP contribution in [0.5, 0.6) is 0 Å². The molecule has 3 nitrogen and oxygen atoms in total. The van der Waals surface area contributed by atoms with Crippen molar-refractivity contribution in [3.8, 4) is 0 Å². The minimum absolute atomic E-state index is 0.204. The van der Waals surface area contributed by atoms with E-state index in [0.29, 0.717) is 11.0 Å². The molecule has 9 heavy (non-hydrogen) atoms. The van der Waals surface area contributed by atoms with Crippen LogP contribution >= 0.6 is 22.6 Å². The van der Waals surface area contributed by atoms with E-state index >= 15 is 0 Å². The summed E-state index contributed by atoms with van der Waals surface area (Å²) in [6.07, 6.45) is 1.24. The number of rotatable bonds is 0. The maximum Gasteiger partial charge on any atom is 0.244 e. The van der Waals surface area contributed by atoms with Gasteiger partial charge in [0.05, 0.1) is 0 Å². The number of nitrogens with zero attached hydrogens (tertiary/aromatic N) is 1. The molecule has 0 amide bonds. The zero-order valence-electron chi connectivity index (χ0n) is 4.11. The first-order valence-electron chi connectivity index (χ1n) is 1.95. The van der Waals surface area contributed by atoms with E-state index in [1.807, 2.05) is 0 Å². The van der Waals surface area contributed by atoms with Crippen LogP contribution in [0.25, 0.3) is 0 Å². The van der Waals surface area contributed by atoms with Crippen LogP contribution in [0.2, 0.25) is 0 Å². The molecule has 0 radical (unpaired) electrons. The normalized spacial score (nSPS) is 23.4. The highest BCUT2D eigenvalue weighted by Gasteiger charge is 2.10. The van der Waals surface area contributed by atoms with Crippen LogP contribution in [0, 0.1) is 0 Å². The van der Waals surface area contributed by atoms with Gasteiger partial charge in [-0.3, -0.25) is 0 Å². The van der Waals surface area contributed by atoms with Gasteiger partial charge in [-0.15, -0.1) is 0 Å². The summed E-state index contributed by atoms with van der Waals surface area (Å²) in [6.45, 7) is 0. The molecule has 0 bridgehead atoms. The predicted octanol–water partition coefficient (Wildman–Crippen LogP) is 1.13. The van der Waals surface area contributed by atoms with Gasteiger partial charge in [0.15, 0.2) is 0 Å². The van der Waals surface area contributed by atoms with E-state index in [-0.39, 0.29) is 5.17 Å². The standard InChI is InChI=1S/C3H2ClNO2S2/c4-3-1-2-9(6,7)8-5-3/h1-2H. The van der Waals surface area contributed by atoms with Gasteiger partial charge in [0.1, 0.15) is 16.2 Å². The van der Waals surface area contributed by atoms with Crippen LogP contribution in [-0.4, -0.2) is 13.6 Å². The Morgan fingerprint density at radius 2 is 2.33 bits per heavy atom. The summed E-state index contributed by atoms with van der Waals surface area (Å²) < 4.78 is 24.4. The van der Waals surface area contributed by atoms with Crippen LogP contribution < -0.4 is 0 Å². The zero-order chi connectivity index (χ0) is 6.91. The molecule has 0 saturated heterocycles. The molecule has 0 aromatic heterocycles. The molecule has 0 atom stereocenters. The Bertz CT molecular complexity index is 266. The van der Waals surface area contributed by atoms with E-state index in [4.69, 9.17) is 11.6 Å². The lowest BCUT2D eigenvalue weighted by atomic mass is 10.7. The van der Waals surface area contributed by atoms with Crippen molar-refractivity contribution in [2.45, 2.75) is 0 Å². The number of hydrogen-bond donors (Lipinski definition) is 0. The second-order valence-electron chi connectivity index (χ2n) is 1.28. The van der Waals surface area contributed by atoms with Crippen molar-refractivity contribution in [2.75, 3.05) is 0 Å². The molecule has 6 heteroatoms. The SMILES string of the molecule is O=S1(=O)C=CC(Cl)=NS1. The van der Waals surface area contributed by atoms with Gasteiger partial charge in [0.25, 0.3) is 0 Å². The Kier molecular flexibility index (Phi) is 1.83. The molecular weight excluding hydrogens is 182 g/mol. The molecule has 0 aromatic rings. The number of hydrogen-bond acceptors (Lipinski definition) is 4. The summed E-state index contributed by atoms with van der Waals surface area (Å²) in [6, 6.07) is 0. The van der Waals surface area contributed by atoms with E-state index in [2.05, 4.69) is 4.40 Å². The van der Waals surface area contributed by atoms with Crippen molar-refractivity contribution >= 4 is 36.6 Å². The van der Waals surface area contributed by atoms with E-state index < -0.39 is 8.87 Å². The molecule has 0 aliphatic carbocycles. The zero-order valence-corrected chi connectivity index (χ0v) is 6.50. The molecule has 1 rings (SSSR count). The lowest BCUT2D eigenvalue weighted by Crippen LogP contribution is -1.92. The van der Waals surface area contributed by atoms with Crippen LogP contribution in [0.4, 0.5) is 0 Å². The third-order valence-electron chi connectivity index (χ3n) is 0.601. The fraction of sp³-hybridized carbons (Fsp3) is 0. The van der Waals surface area contributed by atoms with Crippen LogP contribution in [-0.2, 0) is 8.87 Å². The van der Waals surface area contributed by atoms with E-state index in [1.165, 1.54) is 6.08 Å². The fourth-order valence-electron chi connectivity index (χ4n) is 0.282. The largest absolute Gasteiger partial charge is 0.244 e. The van der Waals surface area contributed by atoms with Crippen LogP contribution in [0.3, 0.4) is 0 Å². The van der Waals surface area contributed by atoms with Crippen molar-refractivity contribution in [1.29, 1.82) is 0 Å². The van der Waals surface area contributed by atoms with E-state index in [9.17, 15) is 8.42 Å². The van der Waals surface area contributed by atoms with Crippen molar-refractivity contribution < 1.29 is 8.42 Å². The first-order chi connectivity index (χ1) is 4.10. The first-order valence-corrected chi connectivity index (χ1v) is 5.17. The monoisotopic (exact) mass is 183 g/mol. The average Bonchev–Trinajstić information content (AvgIpc) is 1.78. The van der Waals surface area contributed by atoms with Crippen LogP contribution in [0.15, 0.2) is 15.9 Å². The first kappa shape index (κ1) is 7.11. The smallest absolute Gasteiger partial charge is 0.211 e. The summed E-state index contributed by atoms with van der Waals surface area (Å²) in [5, 5.41) is 1.22. The minimum atomic E-state index is -3.15. The molecule has 0 N–H and O–H groups in total. The van der Waals surface area contributed by atoms with Gasteiger partial charge < -0.3 is 0 Å². The lowest BCUT2D eigenvalue weighted by Gasteiger charge is -1.95. The highest BCUT2D eigenvalue weighted by Crippen LogP contribution is 2.20. The molecule has 0 unspecified atom stereocenters. The number of allylic oxidation sites excluding steroid dienone is 1. The molecule has 0 spiro atoms. The Labute approximate surface area is 61.3 Å². The third kappa shape index (κ3) is 2.00. The van der Waals surface area contributed by atoms with Crippen molar-refractivity contribution in [3.05, 3.63) is 11.5 Å². The topological polar surface area (TPSA) is 46.5 Å². The Balaban J connectivity index is 2.95. The second kappa shape index (κ2) is 2.32. The van der Waals surface area contributed by atoms with Gasteiger partial charge in [-0.05, 0) is 6.08 Å². The quantitative estimate of drug-likeness (QED) is 0.418. The van der Waals surface area contributed by atoms with Crippen LogP contribution in [0.1, 0.15) is 0 Å². The molecule has 1 heterocycles. The summed E-state index contributed by atoms with van der Waals surface area (Å²) in [4.78, 5) is 0. The summed E-state index contributed by atoms with van der Waals surface area (Å²) >= 11 is 5.32.